The van der Waals surface area contributed by atoms with Crippen molar-refractivity contribution in [3.05, 3.63) is 30.3 Å². The van der Waals surface area contributed by atoms with Crippen LogP contribution < -0.4 is 16.0 Å². The van der Waals surface area contributed by atoms with Gasteiger partial charge in [0, 0.05) is 30.7 Å². The van der Waals surface area contributed by atoms with Crippen molar-refractivity contribution in [3.8, 4) is 0 Å². The smallest absolute Gasteiger partial charge is 0.220 e. The van der Waals surface area contributed by atoms with E-state index in [0.29, 0.717) is 18.5 Å². The van der Waals surface area contributed by atoms with Crippen LogP contribution in [0.5, 0.6) is 0 Å². The molecule has 0 saturated carbocycles. The fourth-order valence-electron chi connectivity index (χ4n) is 2.59. The minimum atomic E-state index is 0.203. The van der Waals surface area contributed by atoms with E-state index in [9.17, 15) is 4.79 Å². The number of carbonyl (C=O) groups is 1. The third-order valence-corrected chi connectivity index (χ3v) is 3.67. The summed E-state index contributed by atoms with van der Waals surface area (Å²) in [7, 11) is 0. The van der Waals surface area contributed by atoms with Crippen molar-refractivity contribution in [2.24, 2.45) is 0 Å². The van der Waals surface area contributed by atoms with E-state index < -0.39 is 0 Å². The summed E-state index contributed by atoms with van der Waals surface area (Å²) >= 11 is 0. The average molecular weight is 275 g/mol. The maximum Gasteiger partial charge on any atom is 0.220 e. The normalized spacial score (nSPS) is 19.6. The fraction of sp³-hybridized carbons (Fsp3) is 0.562. The van der Waals surface area contributed by atoms with Crippen molar-refractivity contribution < 1.29 is 4.79 Å². The van der Waals surface area contributed by atoms with Crippen LogP contribution in [0.2, 0.25) is 0 Å². The molecule has 20 heavy (non-hydrogen) atoms. The molecule has 1 aromatic rings. The van der Waals surface area contributed by atoms with Gasteiger partial charge in [-0.15, -0.1) is 0 Å². The monoisotopic (exact) mass is 275 g/mol. The number of anilines is 1. The van der Waals surface area contributed by atoms with E-state index in [1.807, 2.05) is 18.2 Å². The van der Waals surface area contributed by atoms with Crippen LogP contribution in [0.15, 0.2) is 30.3 Å². The first-order chi connectivity index (χ1) is 9.74. The molecule has 1 aromatic carbocycles. The van der Waals surface area contributed by atoms with E-state index in [1.54, 1.807) is 0 Å². The summed E-state index contributed by atoms with van der Waals surface area (Å²) in [4.78, 5) is 11.1. The molecule has 1 aliphatic heterocycles. The Hall–Kier alpha value is -1.55. The lowest BCUT2D eigenvalue weighted by Crippen LogP contribution is -2.35. The minimum Gasteiger partial charge on any atom is -0.385 e. The predicted octanol–water partition coefficient (Wildman–Crippen LogP) is 2.14. The fourth-order valence-corrected chi connectivity index (χ4v) is 2.59. The number of benzene rings is 1. The van der Waals surface area contributed by atoms with E-state index in [2.05, 4.69) is 35.0 Å². The van der Waals surface area contributed by atoms with Gasteiger partial charge in [0.15, 0.2) is 0 Å². The zero-order valence-corrected chi connectivity index (χ0v) is 12.2. The maximum atomic E-state index is 11.1. The van der Waals surface area contributed by atoms with Crippen molar-refractivity contribution in [2.75, 3.05) is 18.4 Å². The summed E-state index contributed by atoms with van der Waals surface area (Å²) in [6, 6.07) is 11.1. The molecule has 0 aliphatic carbocycles. The molecular formula is C16H25N3O. The predicted molar refractivity (Wildman–Crippen MR) is 82.8 cm³/mol. The van der Waals surface area contributed by atoms with E-state index in [0.717, 1.165) is 32.4 Å². The van der Waals surface area contributed by atoms with Gasteiger partial charge in [-0.05, 0) is 44.9 Å². The van der Waals surface area contributed by atoms with Crippen molar-refractivity contribution in [1.29, 1.82) is 0 Å². The number of rotatable bonds is 8. The van der Waals surface area contributed by atoms with Gasteiger partial charge in [0.2, 0.25) is 5.91 Å². The zero-order chi connectivity index (χ0) is 14.2. The van der Waals surface area contributed by atoms with Gasteiger partial charge in [-0.3, -0.25) is 4.79 Å². The standard InChI is InChI=1S/C16H25N3O/c1-13(12-15-8-9-16(20)19-15)17-10-5-11-18-14-6-3-2-4-7-14/h2-4,6-7,13,15,17-18H,5,8-12H2,1H3,(H,19,20)/t13-,15-/m0/s1. The Morgan fingerprint density at radius 2 is 2.10 bits per heavy atom. The van der Waals surface area contributed by atoms with Gasteiger partial charge < -0.3 is 16.0 Å². The average Bonchev–Trinajstić information content (AvgIpc) is 2.85. The third-order valence-electron chi connectivity index (χ3n) is 3.67. The minimum absolute atomic E-state index is 0.203. The second-order valence-corrected chi connectivity index (χ2v) is 5.54. The molecule has 0 bridgehead atoms. The zero-order valence-electron chi connectivity index (χ0n) is 12.2. The highest BCUT2D eigenvalue weighted by atomic mass is 16.1. The van der Waals surface area contributed by atoms with Gasteiger partial charge in [-0.1, -0.05) is 18.2 Å². The lowest BCUT2D eigenvalue weighted by Gasteiger charge is -2.18. The molecular weight excluding hydrogens is 250 g/mol. The van der Waals surface area contributed by atoms with Crippen LogP contribution in [0.25, 0.3) is 0 Å². The Bertz CT molecular complexity index is 407. The second-order valence-electron chi connectivity index (χ2n) is 5.54. The highest BCUT2D eigenvalue weighted by molar-refractivity contribution is 5.78. The summed E-state index contributed by atoms with van der Waals surface area (Å²) in [5, 5.41) is 9.94. The first-order valence-corrected chi connectivity index (χ1v) is 7.55. The van der Waals surface area contributed by atoms with Crippen molar-refractivity contribution in [1.82, 2.24) is 10.6 Å². The van der Waals surface area contributed by atoms with Crippen LogP contribution >= 0.6 is 0 Å². The number of hydrogen-bond donors (Lipinski definition) is 3. The van der Waals surface area contributed by atoms with Gasteiger partial charge in [-0.25, -0.2) is 0 Å². The first-order valence-electron chi connectivity index (χ1n) is 7.55. The van der Waals surface area contributed by atoms with Gasteiger partial charge in [0.25, 0.3) is 0 Å². The number of para-hydroxylation sites is 1. The molecule has 1 aliphatic rings. The Labute approximate surface area is 121 Å². The van der Waals surface area contributed by atoms with E-state index >= 15 is 0 Å². The maximum absolute atomic E-state index is 11.1. The topological polar surface area (TPSA) is 53.2 Å². The number of amides is 1. The van der Waals surface area contributed by atoms with Crippen LogP contribution in [0.1, 0.15) is 32.6 Å². The van der Waals surface area contributed by atoms with Crippen LogP contribution in [0, 0.1) is 0 Å². The van der Waals surface area contributed by atoms with E-state index in [4.69, 9.17) is 0 Å². The highest BCUT2D eigenvalue weighted by Gasteiger charge is 2.21. The highest BCUT2D eigenvalue weighted by Crippen LogP contribution is 2.11. The molecule has 2 atom stereocenters. The van der Waals surface area contributed by atoms with Crippen LogP contribution in [-0.4, -0.2) is 31.1 Å². The van der Waals surface area contributed by atoms with Crippen molar-refractivity contribution in [3.63, 3.8) is 0 Å². The number of carbonyl (C=O) groups excluding carboxylic acids is 1. The SMILES string of the molecule is C[C@@H](C[C@@H]1CCC(=O)N1)NCCCNc1ccccc1. The van der Waals surface area contributed by atoms with Crippen LogP contribution in [0.4, 0.5) is 5.69 Å². The molecule has 0 unspecified atom stereocenters. The molecule has 1 amide bonds. The molecule has 4 nitrogen and oxygen atoms in total. The van der Waals surface area contributed by atoms with Gasteiger partial charge in [0.1, 0.15) is 0 Å². The van der Waals surface area contributed by atoms with Crippen molar-refractivity contribution >= 4 is 11.6 Å². The molecule has 1 heterocycles. The lowest BCUT2D eigenvalue weighted by molar-refractivity contribution is -0.119. The Kier molecular flexibility index (Phi) is 5.87. The summed E-state index contributed by atoms with van der Waals surface area (Å²) in [6.07, 6.45) is 3.80. The number of nitrogens with one attached hydrogen (secondary N) is 3. The molecule has 4 heteroatoms. The van der Waals surface area contributed by atoms with Gasteiger partial charge in [-0.2, -0.15) is 0 Å². The summed E-state index contributed by atoms with van der Waals surface area (Å²) in [5.41, 5.74) is 1.18. The first kappa shape index (κ1) is 14.9. The molecule has 2 rings (SSSR count). The molecule has 3 N–H and O–H groups in total. The Morgan fingerprint density at radius 3 is 2.80 bits per heavy atom. The van der Waals surface area contributed by atoms with Crippen LogP contribution in [-0.2, 0) is 4.79 Å². The summed E-state index contributed by atoms with van der Waals surface area (Å²) in [6.45, 7) is 4.17. The van der Waals surface area contributed by atoms with Crippen molar-refractivity contribution in [2.45, 2.75) is 44.7 Å². The molecule has 1 fully saturated rings. The summed E-state index contributed by atoms with van der Waals surface area (Å²) < 4.78 is 0. The Morgan fingerprint density at radius 1 is 1.30 bits per heavy atom. The van der Waals surface area contributed by atoms with Gasteiger partial charge in [0.05, 0.1) is 0 Å². The third kappa shape index (κ3) is 5.21. The second kappa shape index (κ2) is 7.90. The Balaban J connectivity index is 1.51. The number of hydrogen-bond acceptors (Lipinski definition) is 3. The van der Waals surface area contributed by atoms with E-state index in [-0.39, 0.29) is 5.91 Å². The molecule has 0 aromatic heterocycles. The van der Waals surface area contributed by atoms with E-state index in [1.165, 1.54) is 5.69 Å². The van der Waals surface area contributed by atoms with Gasteiger partial charge >= 0.3 is 0 Å². The lowest BCUT2D eigenvalue weighted by atomic mass is 10.1. The molecule has 0 spiro atoms. The quantitative estimate of drug-likeness (QED) is 0.637. The summed E-state index contributed by atoms with van der Waals surface area (Å²) in [5.74, 6) is 0.203. The molecule has 0 radical (unpaired) electrons. The molecule has 1 saturated heterocycles. The largest absolute Gasteiger partial charge is 0.385 e. The van der Waals surface area contributed by atoms with Crippen LogP contribution in [0.3, 0.4) is 0 Å². The molecule has 110 valence electrons.